The Morgan fingerprint density at radius 1 is 1.39 bits per heavy atom. The number of hydrogen-bond donors (Lipinski definition) is 2. The highest BCUT2D eigenvalue weighted by Crippen LogP contribution is 2.38. The number of nitrogens with two attached hydrogens (primary N) is 1. The van der Waals surface area contributed by atoms with Crippen molar-refractivity contribution < 1.29 is 14.6 Å². The molecule has 2 aliphatic rings. The van der Waals surface area contributed by atoms with Gasteiger partial charge in [-0.05, 0) is 0 Å². The maximum absolute atomic E-state index is 9.88. The molecule has 3 N–H and O–H groups in total. The number of anilines is 1. The second-order valence-electron chi connectivity index (χ2n) is 4.44. The van der Waals surface area contributed by atoms with Crippen LogP contribution in [0.4, 0.5) is 5.82 Å². The van der Waals surface area contributed by atoms with Crippen LogP contribution in [-0.4, -0.2) is 49.5 Å². The lowest BCUT2D eigenvalue weighted by molar-refractivity contribution is -0.125. The molecular weight excluding hydrogens is 238 g/mol. The molecule has 2 aromatic rings. The lowest BCUT2D eigenvalue weighted by atomic mass is 10.2. The minimum Gasteiger partial charge on any atom is -0.387 e. The summed E-state index contributed by atoms with van der Waals surface area (Å²) >= 11 is 0. The van der Waals surface area contributed by atoms with E-state index in [9.17, 15) is 5.11 Å². The van der Waals surface area contributed by atoms with Crippen molar-refractivity contribution in [3.63, 3.8) is 0 Å². The molecule has 4 rings (SSSR count). The van der Waals surface area contributed by atoms with Crippen molar-refractivity contribution in [2.45, 2.75) is 24.5 Å². The highest BCUT2D eigenvalue weighted by Gasteiger charge is 2.51. The van der Waals surface area contributed by atoms with Crippen molar-refractivity contribution in [1.82, 2.24) is 19.5 Å². The molecule has 8 heteroatoms. The number of aromatic nitrogens is 4. The van der Waals surface area contributed by atoms with Gasteiger partial charge in [0.05, 0.1) is 12.9 Å². The lowest BCUT2D eigenvalue weighted by Crippen LogP contribution is -2.28. The van der Waals surface area contributed by atoms with Crippen LogP contribution in [0.3, 0.4) is 0 Å². The van der Waals surface area contributed by atoms with Crippen LogP contribution in [0.25, 0.3) is 11.2 Å². The van der Waals surface area contributed by atoms with Crippen molar-refractivity contribution in [2.75, 3.05) is 12.3 Å². The summed E-state index contributed by atoms with van der Waals surface area (Å²) in [5.41, 5.74) is 6.83. The number of rotatable bonds is 1. The van der Waals surface area contributed by atoms with E-state index in [0.29, 0.717) is 23.6 Å². The molecule has 8 nitrogen and oxygen atoms in total. The van der Waals surface area contributed by atoms with E-state index >= 15 is 0 Å². The molecule has 0 radical (unpaired) electrons. The van der Waals surface area contributed by atoms with E-state index in [0.717, 1.165) is 0 Å². The third-order valence-electron chi connectivity index (χ3n) is 3.43. The quantitative estimate of drug-likeness (QED) is 0.671. The molecule has 18 heavy (non-hydrogen) atoms. The largest absolute Gasteiger partial charge is 0.387 e. The predicted molar refractivity (Wildman–Crippen MR) is 59.4 cm³/mol. The summed E-state index contributed by atoms with van der Waals surface area (Å²) < 4.78 is 12.9. The van der Waals surface area contributed by atoms with Gasteiger partial charge in [-0.15, -0.1) is 0 Å². The van der Waals surface area contributed by atoms with Gasteiger partial charge in [-0.3, -0.25) is 4.57 Å². The molecule has 0 spiro atoms. The van der Waals surface area contributed by atoms with Gasteiger partial charge in [-0.2, -0.15) is 0 Å². The normalized spacial score (nSPS) is 34.5. The Morgan fingerprint density at radius 3 is 3.00 bits per heavy atom. The molecule has 94 valence electrons. The highest BCUT2D eigenvalue weighted by molar-refractivity contribution is 5.81. The molecule has 4 atom stereocenters. The summed E-state index contributed by atoms with van der Waals surface area (Å²) in [6.07, 6.45) is 1.27. The number of fused-ring (bicyclic) bond motifs is 3. The van der Waals surface area contributed by atoms with Gasteiger partial charge in [-0.1, -0.05) is 0 Å². The maximum Gasteiger partial charge on any atom is 0.167 e. The van der Waals surface area contributed by atoms with Crippen LogP contribution in [-0.2, 0) is 9.47 Å². The van der Waals surface area contributed by atoms with E-state index < -0.39 is 12.3 Å². The SMILES string of the molecule is Nc1ncnc2c1ncn2C1OC2COC1C2O. The molecule has 0 aromatic carbocycles. The van der Waals surface area contributed by atoms with Gasteiger partial charge in [0.1, 0.15) is 30.2 Å². The molecule has 4 unspecified atom stereocenters. The first-order valence-corrected chi connectivity index (χ1v) is 5.64. The zero-order valence-electron chi connectivity index (χ0n) is 9.30. The first-order chi connectivity index (χ1) is 8.75. The molecule has 2 aromatic heterocycles. The standard InChI is InChI=1S/C10H11N5O3/c11-8-5-9(13-2-12-8)15(3-14-5)10-7-6(16)4(18-10)1-17-7/h2-4,6-7,10,16H,1H2,(H2,11,12,13). The van der Waals surface area contributed by atoms with Gasteiger partial charge in [-0.25, -0.2) is 15.0 Å². The van der Waals surface area contributed by atoms with Crippen LogP contribution in [0, 0.1) is 0 Å². The molecule has 4 heterocycles. The molecule has 2 fully saturated rings. The Bertz CT molecular complexity index is 615. The van der Waals surface area contributed by atoms with Crippen LogP contribution in [0.2, 0.25) is 0 Å². The number of nitrogens with zero attached hydrogens (tertiary/aromatic N) is 4. The summed E-state index contributed by atoms with van der Waals surface area (Å²) in [5.74, 6) is 0.323. The fraction of sp³-hybridized carbons (Fsp3) is 0.500. The average molecular weight is 249 g/mol. The highest BCUT2D eigenvalue weighted by atomic mass is 16.6. The van der Waals surface area contributed by atoms with Crippen LogP contribution >= 0.6 is 0 Å². The fourth-order valence-corrected chi connectivity index (χ4v) is 2.52. The zero-order valence-corrected chi connectivity index (χ0v) is 9.30. The first kappa shape index (κ1) is 10.2. The van der Waals surface area contributed by atoms with Crippen LogP contribution in [0.15, 0.2) is 12.7 Å². The topological polar surface area (TPSA) is 108 Å². The Balaban J connectivity index is 1.82. The van der Waals surface area contributed by atoms with Gasteiger partial charge in [0, 0.05) is 0 Å². The lowest BCUT2D eigenvalue weighted by Gasteiger charge is -2.23. The number of aliphatic hydroxyl groups is 1. The third-order valence-corrected chi connectivity index (χ3v) is 3.43. The van der Waals surface area contributed by atoms with Gasteiger partial charge >= 0.3 is 0 Å². The summed E-state index contributed by atoms with van der Waals surface area (Å²) in [6, 6.07) is 0. The molecule has 0 amide bonds. The van der Waals surface area contributed by atoms with Gasteiger partial charge in [0.15, 0.2) is 17.7 Å². The summed E-state index contributed by atoms with van der Waals surface area (Å²) in [4.78, 5) is 12.2. The second-order valence-corrected chi connectivity index (χ2v) is 4.44. The monoisotopic (exact) mass is 249 g/mol. The van der Waals surface area contributed by atoms with Crippen molar-refractivity contribution in [3.05, 3.63) is 12.7 Å². The Hall–Kier alpha value is -1.77. The Morgan fingerprint density at radius 2 is 2.28 bits per heavy atom. The number of hydrogen-bond acceptors (Lipinski definition) is 7. The number of ether oxygens (including phenoxy) is 2. The van der Waals surface area contributed by atoms with E-state index in [1.807, 2.05) is 0 Å². The molecule has 0 saturated carbocycles. The van der Waals surface area contributed by atoms with Gasteiger partial charge < -0.3 is 20.3 Å². The van der Waals surface area contributed by atoms with Crippen molar-refractivity contribution in [1.29, 1.82) is 0 Å². The third kappa shape index (κ3) is 1.17. The van der Waals surface area contributed by atoms with Crippen molar-refractivity contribution >= 4 is 17.0 Å². The van der Waals surface area contributed by atoms with E-state index in [1.165, 1.54) is 6.33 Å². The summed E-state index contributed by atoms with van der Waals surface area (Å²) in [5, 5.41) is 9.88. The van der Waals surface area contributed by atoms with Crippen molar-refractivity contribution in [3.8, 4) is 0 Å². The average Bonchev–Trinajstić information content (AvgIpc) is 3.03. The predicted octanol–water partition coefficient (Wildman–Crippen LogP) is -0.934. The first-order valence-electron chi connectivity index (χ1n) is 5.64. The Kier molecular flexibility index (Phi) is 1.91. The molecule has 2 saturated heterocycles. The molecule has 2 bridgehead atoms. The van der Waals surface area contributed by atoms with Gasteiger partial charge in [0.25, 0.3) is 0 Å². The minimum absolute atomic E-state index is 0.281. The van der Waals surface area contributed by atoms with E-state index in [2.05, 4.69) is 15.0 Å². The van der Waals surface area contributed by atoms with E-state index in [1.54, 1.807) is 10.9 Å². The minimum atomic E-state index is -0.605. The molecule has 0 aliphatic carbocycles. The maximum atomic E-state index is 9.88. The van der Waals surface area contributed by atoms with Crippen molar-refractivity contribution in [2.24, 2.45) is 0 Å². The fourth-order valence-electron chi connectivity index (χ4n) is 2.52. The van der Waals surface area contributed by atoms with Crippen LogP contribution < -0.4 is 5.73 Å². The number of imidazole rings is 1. The summed E-state index contributed by atoms with van der Waals surface area (Å²) in [6.45, 7) is 0.423. The van der Waals surface area contributed by atoms with E-state index in [-0.39, 0.29) is 12.2 Å². The molecular formula is C10H11N5O3. The van der Waals surface area contributed by atoms with Gasteiger partial charge in [0.2, 0.25) is 0 Å². The van der Waals surface area contributed by atoms with E-state index in [4.69, 9.17) is 15.2 Å². The van der Waals surface area contributed by atoms with Crippen LogP contribution in [0.5, 0.6) is 0 Å². The Labute approximate surface area is 101 Å². The smallest absolute Gasteiger partial charge is 0.167 e. The zero-order chi connectivity index (χ0) is 12.3. The summed E-state index contributed by atoms with van der Waals surface area (Å²) in [7, 11) is 0. The van der Waals surface area contributed by atoms with Crippen LogP contribution in [0.1, 0.15) is 6.23 Å². The number of nitrogen functional groups attached to an aromatic ring is 1. The number of aliphatic hydroxyl groups excluding tert-OH is 1. The molecule has 2 aliphatic heterocycles. The second kappa shape index (κ2) is 3.37.